The van der Waals surface area contributed by atoms with Gasteiger partial charge >= 0.3 is 0 Å². The van der Waals surface area contributed by atoms with Crippen molar-refractivity contribution in [2.75, 3.05) is 6.26 Å². The third kappa shape index (κ3) is 4.57. The summed E-state index contributed by atoms with van der Waals surface area (Å²) in [5.41, 5.74) is 6.37. The van der Waals surface area contributed by atoms with Crippen molar-refractivity contribution < 1.29 is 12.8 Å². The van der Waals surface area contributed by atoms with E-state index in [0.29, 0.717) is 22.5 Å². The van der Waals surface area contributed by atoms with Crippen LogP contribution in [-0.2, 0) is 16.6 Å². The molecule has 3 N–H and O–H groups in total. The number of benzene rings is 1. The lowest BCUT2D eigenvalue weighted by molar-refractivity contribution is 0.586. The van der Waals surface area contributed by atoms with E-state index < -0.39 is 15.8 Å². The molecule has 0 atom stereocenters. The Kier molecular flexibility index (Phi) is 5.50. The average molecular weight is 514 g/mol. The molecule has 37 heavy (non-hydrogen) atoms. The molecule has 0 radical (unpaired) electrons. The third-order valence-electron chi connectivity index (χ3n) is 6.00. The summed E-state index contributed by atoms with van der Waals surface area (Å²) in [6.45, 7) is -0.0111. The average Bonchev–Trinajstić information content (AvgIpc) is 3.51. The molecular formula is C26H20FN7O2S. The molecule has 5 heterocycles. The van der Waals surface area contributed by atoms with Crippen LogP contribution in [0.5, 0.6) is 0 Å². The van der Waals surface area contributed by atoms with Gasteiger partial charge in [-0.3, -0.25) is 15.1 Å². The van der Waals surface area contributed by atoms with Crippen molar-refractivity contribution in [3.63, 3.8) is 0 Å². The van der Waals surface area contributed by atoms with Crippen molar-refractivity contribution in [3.8, 4) is 33.8 Å². The maximum absolute atomic E-state index is 14.5. The fourth-order valence-corrected chi connectivity index (χ4v) is 4.75. The molecule has 0 bridgehead atoms. The van der Waals surface area contributed by atoms with Gasteiger partial charge in [0, 0.05) is 41.5 Å². The number of aromatic nitrogens is 6. The first kappa shape index (κ1) is 23.0. The van der Waals surface area contributed by atoms with Crippen LogP contribution in [0.25, 0.3) is 55.7 Å². The van der Waals surface area contributed by atoms with E-state index in [-0.39, 0.29) is 6.54 Å². The Hall–Kier alpha value is -4.48. The van der Waals surface area contributed by atoms with Crippen LogP contribution in [0.15, 0.2) is 73.3 Å². The van der Waals surface area contributed by atoms with Crippen LogP contribution in [0.3, 0.4) is 0 Å². The Balaban J connectivity index is 1.44. The Morgan fingerprint density at radius 2 is 1.86 bits per heavy atom. The van der Waals surface area contributed by atoms with Gasteiger partial charge in [-0.1, -0.05) is 0 Å². The summed E-state index contributed by atoms with van der Waals surface area (Å²) in [6.07, 6.45) is 7.91. The van der Waals surface area contributed by atoms with Crippen LogP contribution in [-0.4, -0.2) is 44.8 Å². The minimum Gasteiger partial charge on any atom is -0.338 e. The smallest absolute Gasteiger partial charge is 0.209 e. The van der Waals surface area contributed by atoms with E-state index in [9.17, 15) is 12.8 Å². The summed E-state index contributed by atoms with van der Waals surface area (Å²) in [4.78, 5) is 16.5. The van der Waals surface area contributed by atoms with Gasteiger partial charge in [0.25, 0.3) is 0 Å². The Bertz CT molecular complexity index is 1880. The van der Waals surface area contributed by atoms with Crippen LogP contribution < -0.4 is 4.72 Å². The molecule has 0 saturated carbocycles. The fourth-order valence-electron chi connectivity index (χ4n) is 4.32. The lowest BCUT2D eigenvalue weighted by atomic mass is 10.0. The van der Waals surface area contributed by atoms with Gasteiger partial charge in [0.05, 0.1) is 29.4 Å². The van der Waals surface area contributed by atoms with Gasteiger partial charge in [-0.25, -0.2) is 22.5 Å². The second kappa shape index (κ2) is 8.87. The van der Waals surface area contributed by atoms with E-state index in [0.717, 1.165) is 45.1 Å². The number of aromatic amines is 2. The molecule has 6 aromatic rings. The standard InChI is InChI=1S/C26H20FN7O2S/c1-37(35,36)31-12-15-7-17(9-18(27)8-15)19-4-6-29-26-20(19)10-23(32-26)25-21-11-22(16-3-2-5-28-13-16)30-14-24(21)33-34-25/h2-11,13-14,31H,12H2,1H3,(H,29,32)(H,33,34). The van der Waals surface area contributed by atoms with Crippen LogP contribution in [0.4, 0.5) is 4.39 Å². The molecule has 0 fully saturated rings. The largest absolute Gasteiger partial charge is 0.338 e. The molecule has 5 aromatic heterocycles. The molecule has 0 aliphatic carbocycles. The monoisotopic (exact) mass is 513 g/mol. The normalized spacial score (nSPS) is 11.9. The van der Waals surface area contributed by atoms with Crippen molar-refractivity contribution >= 4 is 32.0 Å². The quantitative estimate of drug-likeness (QED) is 0.302. The number of H-pyrrole nitrogens is 2. The molecule has 6 rings (SSSR count). The van der Waals surface area contributed by atoms with Crippen molar-refractivity contribution in [1.29, 1.82) is 0 Å². The number of fused-ring (bicyclic) bond motifs is 2. The number of nitrogens with zero attached hydrogens (tertiary/aromatic N) is 4. The molecule has 184 valence electrons. The van der Waals surface area contributed by atoms with E-state index in [4.69, 9.17) is 0 Å². The second-order valence-electron chi connectivity index (χ2n) is 8.67. The highest BCUT2D eigenvalue weighted by molar-refractivity contribution is 7.88. The van der Waals surface area contributed by atoms with Crippen molar-refractivity contribution in [3.05, 3.63) is 84.7 Å². The van der Waals surface area contributed by atoms with Crippen molar-refractivity contribution in [2.24, 2.45) is 0 Å². The lowest BCUT2D eigenvalue weighted by Crippen LogP contribution is -2.21. The number of halogens is 1. The Labute approximate surface area is 210 Å². The zero-order valence-corrected chi connectivity index (χ0v) is 20.3. The summed E-state index contributed by atoms with van der Waals surface area (Å²) in [5, 5.41) is 9.19. The highest BCUT2D eigenvalue weighted by Gasteiger charge is 2.16. The van der Waals surface area contributed by atoms with E-state index in [1.807, 2.05) is 24.3 Å². The van der Waals surface area contributed by atoms with Gasteiger partial charge in [0.2, 0.25) is 10.0 Å². The SMILES string of the molecule is CS(=O)(=O)NCc1cc(F)cc(-c2ccnc3[nH]c(-c4n[nH]c5cnc(-c6cccnc6)cc45)cc23)c1. The minimum absolute atomic E-state index is 0.0111. The molecule has 0 aliphatic rings. The lowest BCUT2D eigenvalue weighted by Gasteiger charge is -2.08. The van der Waals surface area contributed by atoms with E-state index in [1.165, 1.54) is 12.1 Å². The summed E-state index contributed by atoms with van der Waals surface area (Å²) in [7, 11) is -3.41. The molecule has 0 saturated heterocycles. The van der Waals surface area contributed by atoms with Gasteiger partial charge in [-0.2, -0.15) is 5.10 Å². The summed E-state index contributed by atoms with van der Waals surface area (Å²) >= 11 is 0. The number of pyridine rings is 3. The van der Waals surface area contributed by atoms with Gasteiger partial charge in [0.1, 0.15) is 17.2 Å². The molecule has 0 aliphatic heterocycles. The fraction of sp³-hybridized carbons (Fsp3) is 0.0769. The van der Waals surface area contributed by atoms with Crippen LogP contribution >= 0.6 is 0 Å². The summed E-state index contributed by atoms with van der Waals surface area (Å²) in [5.74, 6) is -0.461. The van der Waals surface area contributed by atoms with Crippen molar-refractivity contribution in [2.45, 2.75) is 6.54 Å². The van der Waals surface area contributed by atoms with Gasteiger partial charge < -0.3 is 4.98 Å². The first-order valence-electron chi connectivity index (χ1n) is 11.3. The van der Waals surface area contributed by atoms with E-state index in [1.54, 1.807) is 36.9 Å². The molecule has 0 amide bonds. The zero-order chi connectivity index (χ0) is 25.6. The maximum atomic E-state index is 14.5. The Morgan fingerprint density at radius 1 is 0.973 bits per heavy atom. The highest BCUT2D eigenvalue weighted by Crippen LogP contribution is 2.34. The third-order valence-corrected chi connectivity index (χ3v) is 6.67. The van der Waals surface area contributed by atoms with Gasteiger partial charge in [-0.05, 0) is 65.2 Å². The minimum atomic E-state index is -3.41. The topological polar surface area (TPSA) is 129 Å². The molecule has 9 nitrogen and oxygen atoms in total. The number of nitrogens with one attached hydrogen (secondary N) is 3. The Morgan fingerprint density at radius 3 is 2.68 bits per heavy atom. The number of hydrogen-bond acceptors (Lipinski definition) is 6. The van der Waals surface area contributed by atoms with Crippen LogP contribution in [0, 0.1) is 5.82 Å². The predicted molar refractivity (Wildman–Crippen MR) is 139 cm³/mol. The number of rotatable bonds is 6. The summed E-state index contributed by atoms with van der Waals surface area (Å²) in [6, 6.07) is 14.0. The highest BCUT2D eigenvalue weighted by atomic mass is 32.2. The maximum Gasteiger partial charge on any atom is 0.209 e. The predicted octanol–water partition coefficient (Wildman–Crippen LogP) is 4.42. The van der Waals surface area contributed by atoms with E-state index in [2.05, 4.69) is 34.9 Å². The summed E-state index contributed by atoms with van der Waals surface area (Å²) < 4.78 is 39.9. The van der Waals surface area contributed by atoms with E-state index >= 15 is 0 Å². The molecule has 0 spiro atoms. The van der Waals surface area contributed by atoms with Gasteiger partial charge in [-0.15, -0.1) is 0 Å². The second-order valence-corrected chi connectivity index (χ2v) is 10.5. The molecular weight excluding hydrogens is 493 g/mol. The van der Waals surface area contributed by atoms with Crippen LogP contribution in [0.2, 0.25) is 0 Å². The van der Waals surface area contributed by atoms with Crippen LogP contribution in [0.1, 0.15) is 5.56 Å². The number of sulfonamides is 1. The van der Waals surface area contributed by atoms with Gasteiger partial charge in [0.15, 0.2) is 0 Å². The van der Waals surface area contributed by atoms with Crippen molar-refractivity contribution in [1.82, 2.24) is 34.9 Å². The number of hydrogen-bond donors (Lipinski definition) is 3. The molecule has 11 heteroatoms. The zero-order valence-electron chi connectivity index (χ0n) is 19.5. The molecule has 0 unspecified atom stereocenters. The molecule has 1 aromatic carbocycles. The first-order valence-corrected chi connectivity index (χ1v) is 13.2. The first-order chi connectivity index (χ1) is 17.8.